The minimum atomic E-state index is -0.00182. The molecule has 0 saturated heterocycles. The Labute approximate surface area is 163 Å². The second kappa shape index (κ2) is 11.7. The average Bonchev–Trinajstić information content (AvgIpc) is 2.72. The van der Waals surface area contributed by atoms with Gasteiger partial charge in [-0.05, 0) is 70.3 Å². The van der Waals surface area contributed by atoms with E-state index in [-0.39, 0.29) is 11.9 Å². The van der Waals surface area contributed by atoms with Gasteiger partial charge in [-0.15, -0.1) is 0 Å². The van der Waals surface area contributed by atoms with Crippen LogP contribution in [0.2, 0.25) is 0 Å². The summed E-state index contributed by atoms with van der Waals surface area (Å²) in [4.78, 5) is 14.5. The van der Waals surface area contributed by atoms with E-state index in [2.05, 4.69) is 11.4 Å². The van der Waals surface area contributed by atoms with Gasteiger partial charge in [0.05, 0.1) is 17.7 Å². The monoisotopic (exact) mass is 371 g/mol. The molecule has 1 amide bonds. The molecule has 1 aromatic carbocycles. The smallest absolute Gasteiger partial charge is 0.253 e. The molecule has 5 nitrogen and oxygen atoms in total. The van der Waals surface area contributed by atoms with Crippen LogP contribution in [0.4, 0.5) is 0 Å². The highest BCUT2D eigenvalue weighted by molar-refractivity contribution is 5.94. The van der Waals surface area contributed by atoms with Crippen LogP contribution in [-0.4, -0.2) is 50.2 Å². The topological polar surface area (TPSA) is 65.4 Å². The molecule has 2 rings (SSSR count). The fourth-order valence-corrected chi connectivity index (χ4v) is 3.70. The molecule has 1 N–H and O–H groups in total. The van der Waals surface area contributed by atoms with Gasteiger partial charge >= 0.3 is 0 Å². The van der Waals surface area contributed by atoms with Crippen molar-refractivity contribution in [1.82, 2.24) is 10.2 Å². The molecule has 0 atom stereocenters. The van der Waals surface area contributed by atoms with E-state index < -0.39 is 0 Å². The lowest BCUT2D eigenvalue weighted by Gasteiger charge is -2.34. The first kappa shape index (κ1) is 21.4. The summed E-state index contributed by atoms with van der Waals surface area (Å²) in [5.41, 5.74) is 1.12. The summed E-state index contributed by atoms with van der Waals surface area (Å²) in [6, 6.07) is 9.29. The molecule has 5 heteroatoms. The van der Waals surface area contributed by atoms with Crippen molar-refractivity contribution in [3.63, 3.8) is 0 Å². The maximum Gasteiger partial charge on any atom is 0.253 e. The van der Waals surface area contributed by atoms with E-state index in [1.807, 2.05) is 19.0 Å². The van der Waals surface area contributed by atoms with Gasteiger partial charge < -0.3 is 15.0 Å². The molecule has 0 heterocycles. The van der Waals surface area contributed by atoms with Crippen molar-refractivity contribution in [2.75, 3.05) is 27.2 Å². The molecule has 0 spiro atoms. The molecule has 1 fully saturated rings. The highest BCUT2D eigenvalue weighted by Gasteiger charge is 2.27. The molecule has 148 valence electrons. The second-order valence-corrected chi connectivity index (χ2v) is 7.43. The summed E-state index contributed by atoms with van der Waals surface area (Å²) in [5, 5.41) is 12.2. The predicted molar refractivity (Wildman–Crippen MR) is 108 cm³/mol. The second-order valence-electron chi connectivity index (χ2n) is 7.43. The summed E-state index contributed by atoms with van der Waals surface area (Å²) < 4.78 is 6.04. The first-order valence-corrected chi connectivity index (χ1v) is 10.2. The fraction of sp³-hybridized carbons (Fsp3) is 0.636. The van der Waals surface area contributed by atoms with Crippen LogP contribution >= 0.6 is 0 Å². The van der Waals surface area contributed by atoms with E-state index >= 15 is 0 Å². The number of unbranched alkanes of at least 4 members (excludes halogenated alkanes) is 3. The number of carbonyl (C=O) groups excluding carboxylic acids is 1. The molecule has 1 aromatic rings. The van der Waals surface area contributed by atoms with Crippen molar-refractivity contribution in [1.29, 1.82) is 5.26 Å². The minimum absolute atomic E-state index is 0.00182. The number of nitrogens with zero attached hydrogens (tertiary/aromatic N) is 2. The largest absolute Gasteiger partial charge is 0.378 e. The maximum atomic E-state index is 12.7. The molecule has 0 unspecified atom stereocenters. The van der Waals surface area contributed by atoms with E-state index in [1.165, 1.54) is 19.3 Å². The number of rotatable bonds is 10. The van der Waals surface area contributed by atoms with E-state index in [0.717, 1.165) is 45.3 Å². The van der Waals surface area contributed by atoms with Gasteiger partial charge in [0.25, 0.3) is 5.91 Å². The number of benzene rings is 1. The highest BCUT2D eigenvalue weighted by Crippen LogP contribution is 2.26. The van der Waals surface area contributed by atoms with Gasteiger partial charge in [-0.2, -0.15) is 5.26 Å². The Hall–Kier alpha value is -1.90. The quantitative estimate of drug-likeness (QED) is 0.636. The highest BCUT2D eigenvalue weighted by atomic mass is 16.5. The third-order valence-electron chi connectivity index (χ3n) is 5.43. The first-order chi connectivity index (χ1) is 13.2. The Balaban J connectivity index is 1.68. The Kier molecular flexibility index (Phi) is 9.30. The Morgan fingerprint density at radius 3 is 2.67 bits per heavy atom. The molecule has 1 saturated carbocycles. The summed E-state index contributed by atoms with van der Waals surface area (Å²) in [6.07, 6.45) is 9.19. The number of hydrogen-bond acceptors (Lipinski definition) is 4. The van der Waals surface area contributed by atoms with E-state index in [9.17, 15) is 4.79 Å². The maximum absolute atomic E-state index is 12.7. The zero-order chi connectivity index (χ0) is 19.5. The first-order valence-electron chi connectivity index (χ1n) is 10.2. The number of hydrogen-bond donors (Lipinski definition) is 1. The van der Waals surface area contributed by atoms with Gasteiger partial charge in [0.15, 0.2) is 0 Å². The van der Waals surface area contributed by atoms with Gasteiger partial charge in [0, 0.05) is 25.3 Å². The summed E-state index contributed by atoms with van der Waals surface area (Å²) >= 11 is 0. The Morgan fingerprint density at radius 2 is 1.96 bits per heavy atom. The SMILES string of the molecule is CNCCCCCCOC1CCC(N(C)C(=O)c2cccc(C#N)c2)CC1. The van der Waals surface area contributed by atoms with Crippen molar-refractivity contribution < 1.29 is 9.53 Å². The van der Waals surface area contributed by atoms with Crippen LogP contribution in [-0.2, 0) is 4.74 Å². The normalized spacial score (nSPS) is 19.4. The van der Waals surface area contributed by atoms with Gasteiger partial charge in [0.2, 0.25) is 0 Å². The van der Waals surface area contributed by atoms with Crippen LogP contribution in [0.25, 0.3) is 0 Å². The number of amides is 1. The summed E-state index contributed by atoms with van der Waals surface area (Å²) in [7, 11) is 3.87. The molecular weight excluding hydrogens is 338 g/mol. The molecule has 0 bridgehead atoms. The number of nitriles is 1. The summed E-state index contributed by atoms with van der Waals surface area (Å²) in [6.45, 7) is 1.95. The van der Waals surface area contributed by atoms with Gasteiger partial charge in [0.1, 0.15) is 0 Å². The van der Waals surface area contributed by atoms with Crippen LogP contribution < -0.4 is 5.32 Å². The summed E-state index contributed by atoms with van der Waals surface area (Å²) in [5.74, 6) is -0.00182. The Morgan fingerprint density at radius 1 is 1.22 bits per heavy atom. The van der Waals surface area contributed by atoms with Crippen LogP contribution in [0.15, 0.2) is 24.3 Å². The molecule has 0 aromatic heterocycles. The lowest BCUT2D eigenvalue weighted by molar-refractivity contribution is 0.00911. The third-order valence-corrected chi connectivity index (χ3v) is 5.43. The van der Waals surface area contributed by atoms with E-state index in [4.69, 9.17) is 10.00 Å². The van der Waals surface area contributed by atoms with Gasteiger partial charge in [-0.3, -0.25) is 4.79 Å². The van der Waals surface area contributed by atoms with Gasteiger partial charge in [-0.1, -0.05) is 18.9 Å². The number of nitrogens with one attached hydrogen (secondary N) is 1. The third kappa shape index (κ3) is 6.97. The van der Waals surface area contributed by atoms with Crippen molar-refractivity contribution >= 4 is 5.91 Å². The zero-order valence-electron chi connectivity index (χ0n) is 16.7. The number of ether oxygens (including phenoxy) is 1. The van der Waals surface area contributed by atoms with Crippen molar-refractivity contribution in [2.24, 2.45) is 0 Å². The average molecular weight is 372 g/mol. The number of carbonyl (C=O) groups is 1. The standard InChI is InChI=1S/C22H33N3O2/c1-24-14-5-3-4-6-15-27-21-12-10-20(11-13-21)25(2)22(26)19-9-7-8-18(16-19)17-23/h7-9,16,20-21,24H,3-6,10-15H2,1-2H3. The molecule has 27 heavy (non-hydrogen) atoms. The molecule has 1 aliphatic carbocycles. The van der Waals surface area contributed by atoms with E-state index in [1.54, 1.807) is 24.3 Å². The molecule has 0 radical (unpaired) electrons. The lowest BCUT2D eigenvalue weighted by Crippen LogP contribution is -2.40. The molecular formula is C22H33N3O2. The minimum Gasteiger partial charge on any atom is -0.378 e. The molecule has 1 aliphatic rings. The van der Waals surface area contributed by atoms with Crippen molar-refractivity contribution in [3.8, 4) is 6.07 Å². The Bertz CT molecular complexity index is 618. The zero-order valence-corrected chi connectivity index (χ0v) is 16.7. The van der Waals surface area contributed by atoms with Gasteiger partial charge in [-0.25, -0.2) is 0 Å². The van der Waals surface area contributed by atoms with Crippen molar-refractivity contribution in [3.05, 3.63) is 35.4 Å². The van der Waals surface area contributed by atoms with Crippen molar-refractivity contribution in [2.45, 2.75) is 63.5 Å². The molecule has 0 aliphatic heterocycles. The predicted octanol–water partition coefficient (Wildman–Crippen LogP) is 3.74. The van der Waals surface area contributed by atoms with Crippen LogP contribution in [0.5, 0.6) is 0 Å². The fourth-order valence-electron chi connectivity index (χ4n) is 3.70. The van der Waals surface area contributed by atoms with E-state index in [0.29, 0.717) is 17.2 Å². The van der Waals surface area contributed by atoms with Crippen LogP contribution in [0.3, 0.4) is 0 Å². The van der Waals surface area contributed by atoms with Crippen LogP contribution in [0.1, 0.15) is 67.3 Å². The van der Waals surface area contributed by atoms with Crippen LogP contribution in [0, 0.1) is 11.3 Å². The lowest BCUT2D eigenvalue weighted by atomic mass is 9.91.